The molecular formula is C10H12N4O6S. The van der Waals surface area contributed by atoms with Crippen LogP contribution in [-0.4, -0.2) is 30.3 Å². The van der Waals surface area contributed by atoms with E-state index >= 15 is 0 Å². The van der Waals surface area contributed by atoms with Crippen molar-refractivity contribution < 1.29 is 22.9 Å². The standard InChI is InChI=1S/C10H12N4O6S/c1-7(15)11-13(8(2)16)12-21(19,20)10-5-3-4-9(6-10)14(17)18/h3-6,12H,1-2H3,(H,11,15). The van der Waals surface area contributed by atoms with Gasteiger partial charge in [-0.3, -0.25) is 19.7 Å². The van der Waals surface area contributed by atoms with Crippen LogP contribution in [0.25, 0.3) is 0 Å². The fourth-order valence-electron chi connectivity index (χ4n) is 1.26. The van der Waals surface area contributed by atoms with Gasteiger partial charge in [0.1, 0.15) is 0 Å². The van der Waals surface area contributed by atoms with Crippen molar-refractivity contribution >= 4 is 27.5 Å². The normalized spacial score (nSPS) is 10.8. The van der Waals surface area contributed by atoms with Crippen LogP contribution in [0.4, 0.5) is 5.69 Å². The smallest absolute Gasteiger partial charge is 0.270 e. The number of hydrogen-bond donors (Lipinski definition) is 2. The van der Waals surface area contributed by atoms with Crippen molar-refractivity contribution in [1.82, 2.24) is 15.4 Å². The zero-order chi connectivity index (χ0) is 16.2. The van der Waals surface area contributed by atoms with Gasteiger partial charge in [-0.1, -0.05) is 6.07 Å². The number of hydrogen-bond acceptors (Lipinski definition) is 6. The van der Waals surface area contributed by atoms with E-state index in [2.05, 4.69) is 0 Å². The van der Waals surface area contributed by atoms with Crippen LogP contribution in [0, 0.1) is 10.1 Å². The van der Waals surface area contributed by atoms with Gasteiger partial charge in [0, 0.05) is 26.0 Å². The number of rotatable bonds is 4. The Labute approximate surface area is 119 Å². The molecule has 0 saturated carbocycles. The van der Waals surface area contributed by atoms with E-state index in [4.69, 9.17) is 0 Å². The van der Waals surface area contributed by atoms with Gasteiger partial charge in [0.15, 0.2) is 0 Å². The predicted molar refractivity (Wildman–Crippen MR) is 69.8 cm³/mol. The van der Waals surface area contributed by atoms with Crippen molar-refractivity contribution in [1.29, 1.82) is 0 Å². The first-order valence-corrected chi connectivity index (χ1v) is 6.96. The van der Waals surface area contributed by atoms with Crippen LogP contribution in [0.3, 0.4) is 0 Å². The van der Waals surface area contributed by atoms with Gasteiger partial charge < -0.3 is 0 Å². The number of sulfonamides is 1. The van der Waals surface area contributed by atoms with Crippen LogP contribution >= 0.6 is 0 Å². The molecule has 2 N–H and O–H groups in total. The molecule has 0 spiro atoms. The maximum atomic E-state index is 12.0. The summed E-state index contributed by atoms with van der Waals surface area (Å²) in [5.74, 6) is -1.47. The number of nitrogens with zero attached hydrogens (tertiary/aromatic N) is 2. The molecule has 114 valence electrons. The molecule has 0 aliphatic rings. The van der Waals surface area contributed by atoms with Gasteiger partial charge >= 0.3 is 0 Å². The minimum Gasteiger partial charge on any atom is -0.274 e. The van der Waals surface area contributed by atoms with Crippen LogP contribution in [0.1, 0.15) is 13.8 Å². The molecule has 1 rings (SSSR count). The molecule has 0 aliphatic heterocycles. The third-order valence-electron chi connectivity index (χ3n) is 2.13. The maximum absolute atomic E-state index is 12.0. The fourth-order valence-corrected chi connectivity index (χ4v) is 2.31. The van der Waals surface area contributed by atoms with Gasteiger partial charge in [-0.2, -0.15) is 5.12 Å². The first-order valence-electron chi connectivity index (χ1n) is 5.48. The number of hydrazine groups is 2. The van der Waals surface area contributed by atoms with E-state index in [1.54, 1.807) is 0 Å². The molecule has 0 aromatic heterocycles. The molecular weight excluding hydrogens is 304 g/mol. The number of carbonyl (C=O) groups excluding carboxylic acids is 2. The number of benzene rings is 1. The molecule has 21 heavy (non-hydrogen) atoms. The van der Waals surface area contributed by atoms with Crippen LogP contribution in [0.15, 0.2) is 29.2 Å². The molecule has 1 aromatic rings. The highest BCUT2D eigenvalue weighted by Gasteiger charge is 2.22. The number of carbonyl (C=O) groups is 2. The Bertz CT molecular complexity index is 687. The average Bonchev–Trinajstić information content (AvgIpc) is 2.37. The van der Waals surface area contributed by atoms with E-state index in [0.29, 0.717) is 5.12 Å². The van der Waals surface area contributed by atoms with E-state index < -0.39 is 37.3 Å². The molecule has 11 heteroatoms. The second-order valence-electron chi connectivity index (χ2n) is 3.87. The van der Waals surface area contributed by atoms with Gasteiger partial charge in [-0.05, 0) is 6.07 Å². The Hall–Kier alpha value is -2.53. The van der Waals surface area contributed by atoms with E-state index in [0.717, 1.165) is 32.0 Å². The Morgan fingerprint density at radius 3 is 2.38 bits per heavy atom. The highest BCUT2D eigenvalue weighted by molar-refractivity contribution is 7.89. The topological polar surface area (TPSA) is 139 Å². The summed E-state index contributed by atoms with van der Waals surface area (Å²) in [4.78, 5) is 33.4. The molecule has 0 fully saturated rings. The van der Waals surface area contributed by atoms with Crippen LogP contribution in [-0.2, 0) is 19.6 Å². The summed E-state index contributed by atoms with van der Waals surface area (Å²) in [6.07, 6.45) is 0. The van der Waals surface area contributed by atoms with Crippen molar-refractivity contribution in [3.05, 3.63) is 34.4 Å². The Kier molecular flexibility index (Phi) is 4.94. The molecule has 10 nitrogen and oxygen atoms in total. The van der Waals surface area contributed by atoms with Gasteiger partial charge in [0.2, 0.25) is 5.91 Å². The lowest BCUT2D eigenvalue weighted by atomic mass is 10.3. The second-order valence-corrected chi connectivity index (χ2v) is 5.53. The lowest BCUT2D eigenvalue weighted by Gasteiger charge is -2.21. The summed E-state index contributed by atoms with van der Waals surface area (Å²) in [5, 5.41) is 11.0. The molecule has 0 atom stereocenters. The number of nitrogens with one attached hydrogen (secondary N) is 2. The van der Waals surface area contributed by atoms with Crippen molar-refractivity contribution in [2.75, 3.05) is 0 Å². The minimum absolute atomic E-state index is 0.372. The van der Waals surface area contributed by atoms with E-state index in [1.807, 2.05) is 10.3 Å². The predicted octanol–water partition coefficient (Wildman–Crippen LogP) is -0.312. The molecule has 0 aliphatic carbocycles. The number of nitro groups is 1. The third kappa shape index (κ3) is 4.50. The van der Waals surface area contributed by atoms with Crippen molar-refractivity contribution in [2.45, 2.75) is 18.7 Å². The van der Waals surface area contributed by atoms with Gasteiger partial charge in [-0.25, -0.2) is 13.8 Å². The van der Waals surface area contributed by atoms with E-state index in [-0.39, 0.29) is 0 Å². The number of non-ortho nitro benzene ring substituents is 1. The highest BCUT2D eigenvalue weighted by Crippen LogP contribution is 2.17. The first kappa shape index (κ1) is 16.5. The van der Waals surface area contributed by atoms with Crippen LogP contribution in [0.2, 0.25) is 0 Å². The lowest BCUT2D eigenvalue weighted by molar-refractivity contribution is -0.385. The molecule has 0 radical (unpaired) electrons. The number of amides is 2. The monoisotopic (exact) mass is 316 g/mol. The van der Waals surface area contributed by atoms with E-state index in [9.17, 15) is 28.1 Å². The molecule has 0 saturated heterocycles. The number of nitro benzene ring substituents is 1. The second kappa shape index (κ2) is 6.28. The fraction of sp³-hybridized carbons (Fsp3) is 0.200. The molecule has 1 aromatic carbocycles. The zero-order valence-electron chi connectivity index (χ0n) is 11.1. The van der Waals surface area contributed by atoms with Crippen LogP contribution < -0.4 is 10.3 Å². The summed E-state index contributed by atoms with van der Waals surface area (Å²) < 4.78 is 24.0. The maximum Gasteiger partial charge on any atom is 0.270 e. The Balaban J connectivity index is 3.10. The molecule has 0 bridgehead atoms. The van der Waals surface area contributed by atoms with Crippen molar-refractivity contribution in [3.63, 3.8) is 0 Å². The highest BCUT2D eigenvalue weighted by atomic mass is 32.2. The first-order chi connectivity index (χ1) is 9.63. The quantitative estimate of drug-likeness (QED) is 0.577. The summed E-state index contributed by atoms with van der Waals surface area (Å²) in [5.41, 5.74) is 1.54. The Morgan fingerprint density at radius 1 is 1.29 bits per heavy atom. The average molecular weight is 316 g/mol. The van der Waals surface area contributed by atoms with Gasteiger partial charge in [0.05, 0.1) is 9.82 Å². The largest absolute Gasteiger partial charge is 0.274 e. The van der Waals surface area contributed by atoms with Crippen LogP contribution in [0.5, 0.6) is 0 Å². The molecule has 2 amide bonds. The summed E-state index contributed by atoms with van der Waals surface area (Å²) >= 11 is 0. The summed E-state index contributed by atoms with van der Waals surface area (Å²) in [6.45, 7) is 2.10. The molecule has 0 heterocycles. The van der Waals surface area contributed by atoms with Crippen molar-refractivity contribution in [2.24, 2.45) is 0 Å². The SMILES string of the molecule is CC(=O)NN(NS(=O)(=O)c1cccc([N+](=O)[O-])c1)C(C)=O. The zero-order valence-corrected chi connectivity index (χ0v) is 11.9. The Morgan fingerprint density at radius 2 is 1.90 bits per heavy atom. The van der Waals surface area contributed by atoms with Gasteiger partial charge in [0.25, 0.3) is 21.6 Å². The summed E-state index contributed by atoms with van der Waals surface area (Å²) in [6, 6.07) is 4.24. The lowest BCUT2D eigenvalue weighted by Crippen LogP contribution is -2.54. The van der Waals surface area contributed by atoms with E-state index in [1.165, 1.54) is 6.07 Å². The summed E-state index contributed by atoms with van der Waals surface area (Å²) in [7, 11) is -4.27. The van der Waals surface area contributed by atoms with Gasteiger partial charge in [-0.15, -0.1) is 4.83 Å². The minimum atomic E-state index is -4.27. The molecule has 0 unspecified atom stereocenters. The van der Waals surface area contributed by atoms with Crippen molar-refractivity contribution in [3.8, 4) is 0 Å². The third-order valence-corrected chi connectivity index (χ3v) is 3.43.